The molecule has 21 heavy (non-hydrogen) atoms. The quantitative estimate of drug-likeness (QED) is 0.832. The van der Waals surface area contributed by atoms with Crippen LogP contribution >= 0.6 is 0 Å². The number of nitrogens with one attached hydrogen (secondary N) is 1. The number of hydrogen-bond acceptors (Lipinski definition) is 2. The van der Waals surface area contributed by atoms with Crippen molar-refractivity contribution in [2.45, 2.75) is 25.1 Å². The number of halogens is 4. The van der Waals surface area contributed by atoms with Crippen LogP contribution < -0.4 is 5.32 Å². The third-order valence-electron chi connectivity index (χ3n) is 3.31. The van der Waals surface area contributed by atoms with E-state index in [4.69, 9.17) is 4.42 Å². The average molecular weight is 301 g/mol. The molecule has 0 bridgehead atoms. The van der Waals surface area contributed by atoms with Gasteiger partial charge in [0.15, 0.2) is 0 Å². The fourth-order valence-electron chi connectivity index (χ4n) is 2.20. The van der Waals surface area contributed by atoms with Crippen LogP contribution in [0.15, 0.2) is 41.0 Å². The molecule has 1 aromatic carbocycles. The first-order valence-corrected chi connectivity index (χ1v) is 6.48. The van der Waals surface area contributed by atoms with E-state index in [-0.39, 0.29) is 6.04 Å². The van der Waals surface area contributed by atoms with Crippen LogP contribution in [0.25, 0.3) is 0 Å². The summed E-state index contributed by atoms with van der Waals surface area (Å²) in [4.78, 5) is 0. The van der Waals surface area contributed by atoms with E-state index in [1.165, 1.54) is 6.07 Å². The van der Waals surface area contributed by atoms with E-state index in [1.807, 2.05) is 6.07 Å². The van der Waals surface area contributed by atoms with E-state index < -0.39 is 17.6 Å². The molecule has 2 nitrogen and oxygen atoms in total. The summed E-state index contributed by atoms with van der Waals surface area (Å²) in [5, 5.41) is 2.98. The lowest BCUT2D eigenvalue weighted by molar-refractivity contribution is -0.140. The second kappa shape index (κ2) is 6.30. The van der Waals surface area contributed by atoms with Crippen LogP contribution in [0.2, 0.25) is 0 Å². The minimum Gasteiger partial charge on any atom is -0.469 e. The summed E-state index contributed by atoms with van der Waals surface area (Å²) >= 11 is 0. The van der Waals surface area contributed by atoms with Crippen LogP contribution in [0.4, 0.5) is 17.6 Å². The molecule has 0 spiro atoms. The Bertz CT molecular complexity index is 578. The van der Waals surface area contributed by atoms with E-state index in [2.05, 4.69) is 5.32 Å². The molecule has 0 saturated carbocycles. The van der Waals surface area contributed by atoms with Crippen molar-refractivity contribution in [1.29, 1.82) is 0 Å². The summed E-state index contributed by atoms with van der Waals surface area (Å²) in [6.07, 6.45) is -1.91. The predicted molar refractivity (Wildman–Crippen MR) is 70.2 cm³/mol. The first kappa shape index (κ1) is 15.6. The SMILES string of the molecule is CNC(CCc1ccco1)c1ccc(C(F)(F)F)c(F)c1. The van der Waals surface area contributed by atoms with Crippen molar-refractivity contribution in [2.75, 3.05) is 7.05 Å². The van der Waals surface area contributed by atoms with E-state index >= 15 is 0 Å². The molecule has 1 atom stereocenters. The molecule has 0 radical (unpaired) electrons. The highest BCUT2D eigenvalue weighted by Crippen LogP contribution is 2.32. The minimum absolute atomic E-state index is 0.244. The number of aryl methyl sites for hydroxylation is 1. The molecule has 2 rings (SSSR count). The van der Waals surface area contributed by atoms with Gasteiger partial charge in [-0.2, -0.15) is 13.2 Å². The second-order valence-electron chi connectivity index (χ2n) is 4.70. The number of furan rings is 1. The van der Waals surface area contributed by atoms with Gasteiger partial charge in [-0.1, -0.05) is 6.07 Å². The highest BCUT2D eigenvalue weighted by Gasteiger charge is 2.34. The molecule has 0 fully saturated rings. The first-order valence-electron chi connectivity index (χ1n) is 6.48. The maximum atomic E-state index is 13.6. The van der Waals surface area contributed by atoms with Gasteiger partial charge in [-0.15, -0.1) is 0 Å². The third-order valence-corrected chi connectivity index (χ3v) is 3.31. The number of benzene rings is 1. The summed E-state index contributed by atoms with van der Waals surface area (Å²) in [6.45, 7) is 0. The van der Waals surface area contributed by atoms with Crippen LogP contribution in [0.3, 0.4) is 0 Å². The van der Waals surface area contributed by atoms with Crippen molar-refractivity contribution in [3.8, 4) is 0 Å². The van der Waals surface area contributed by atoms with E-state index in [0.717, 1.165) is 17.9 Å². The fourth-order valence-corrected chi connectivity index (χ4v) is 2.20. The Kier molecular flexibility index (Phi) is 4.67. The van der Waals surface area contributed by atoms with Gasteiger partial charge in [-0.25, -0.2) is 4.39 Å². The first-order chi connectivity index (χ1) is 9.91. The topological polar surface area (TPSA) is 25.2 Å². The Labute approximate surface area is 119 Å². The molecule has 114 valence electrons. The summed E-state index contributed by atoms with van der Waals surface area (Å²) in [7, 11) is 1.68. The average Bonchev–Trinajstić information content (AvgIpc) is 2.91. The van der Waals surface area contributed by atoms with E-state index in [0.29, 0.717) is 18.4 Å². The molecule has 1 N–H and O–H groups in total. The molecule has 0 aliphatic carbocycles. The predicted octanol–water partition coefficient (Wildman–Crippen LogP) is 4.33. The molecule has 6 heteroatoms. The van der Waals surface area contributed by atoms with Gasteiger partial charge < -0.3 is 9.73 Å². The summed E-state index contributed by atoms with van der Waals surface area (Å²) in [6, 6.07) is 6.36. The fraction of sp³-hybridized carbons (Fsp3) is 0.333. The van der Waals surface area contributed by atoms with Gasteiger partial charge >= 0.3 is 6.18 Å². The Balaban J connectivity index is 2.13. The lowest BCUT2D eigenvalue weighted by Gasteiger charge is -2.17. The standard InChI is InChI=1S/C15H15F4NO/c1-20-14(7-5-11-3-2-8-21-11)10-4-6-12(13(16)9-10)15(17,18)19/h2-4,6,8-9,14,20H,5,7H2,1H3. The van der Waals surface area contributed by atoms with Crippen LogP contribution in [0, 0.1) is 5.82 Å². The van der Waals surface area contributed by atoms with E-state index in [1.54, 1.807) is 19.4 Å². The molecule has 0 aliphatic rings. The molecule has 1 aromatic heterocycles. The van der Waals surface area contributed by atoms with Gasteiger partial charge in [-0.05, 0) is 43.3 Å². The van der Waals surface area contributed by atoms with Crippen LogP contribution in [-0.2, 0) is 12.6 Å². The van der Waals surface area contributed by atoms with Crippen molar-refractivity contribution < 1.29 is 22.0 Å². The summed E-state index contributed by atoms with van der Waals surface area (Å²) in [5.41, 5.74) is -0.762. The Morgan fingerprint density at radius 2 is 2.00 bits per heavy atom. The Morgan fingerprint density at radius 3 is 2.52 bits per heavy atom. The molecule has 0 aliphatic heterocycles. The van der Waals surface area contributed by atoms with Crippen LogP contribution in [0.5, 0.6) is 0 Å². The molecular weight excluding hydrogens is 286 g/mol. The molecule has 0 amide bonds. The summed E-state index contributed by atoms with van der Waals surface area (Å²) in [5.74, 6) is -0.471. The number of hydrogen-bond donors (Lipinski definition) is 1. The van der Waals surface area contributed by atoms with Crippen LogP contribution in [-0.4, -0.2) is 7.05 Å². The van der Waals surface area contributed by atoms with Gasteiger partial charge in [0, 0.05) is 12.5 Å². The maximum Gasteiger partial charge on any atom is 0.419 e. The van der Waals surface area contributed by atoms with Gasteiger partial charge in [0.2, 0.25) is 0 Å². The van der Waals surface area contributed by atoms with Gasteiger partial charge in [0.25, 0.3) is 0 Å². The second-order valence-corrected chi connectivity index (χ2v) is 4.70. The summed E-state index contributed by atoms with van der Waals surface area (Å²) < 4.78 is 56.4. The lowest BCUT2D eigenvalue weighted by atomic mass is 9.99. The zero-order chi connectivity index (χ0) is 15.5. The van der Waals surface area contributed by atoms with Gasteiger partial charge in [-0.3, -0.25) is 0 Å². The smallest absolute Gasteiger partial charge is 0.419 e. The molecule has 1 heterocycles. The van der Waals surface area contributed by atoms with Crippen LogP contribution in [0.1, 0.15) is 29.3 Å². The Hall–Kier alpha value is -1.82. The third kappa shape index (κ3) is 3.85. The van der Waals surface area contributed by atoms with Crippen molar-refractivity contribution in [3.63, 3.8) is 0 Å². The van der Waals surface area contributed by atoms with Crippen molar-refractivity contribution in [2.24, 2.45) is 0 Å². The largest absolute Gasteiger partial charge is 0.469 e. The maximum absolute atomic E-state index is 13.6. The molecule has 2 aromatic rings. The molecular formula is C15H15F4NO. The number of rotatable bonds is 5. The van der Waals surface area contributed by atoms with E-state index in [9.17, 15) is 17.6 Å². The zero-order valence-corrected chi connectivity index (χ0v) is 11.4. The number of alkyl halides is 3. The molecule has 0 saturated heterocycles. The van der Waals surface area contributed by atoms with Crippen molar-refractivity contribution in [3.05, 3.63) is 59.3 Å². The van der Waals surface area contributed by atoms with Crippen molar-refractivity contribution in [1.82, 2.24) is 5.32 Å². The van der Waals surface area contributed by atoms with Gasteiger partial charge in [0.05, 0.1) is 11.8 Å². The monoisotopic (exact) mass is 301 g/mol. The van der Waals surface area contributed by atoms with Gasteiger partial charge in [0.1, 0.15) is 11.6 Å². The normalized spacial score (nSPS) is 13.4. The Morgan fingerprint density at radius 1 is 1.24 bits per heavy atom. The lowest BCUT2D eigenvalue weighted by Crippen LogP contribution is -2.18. The highest BCUT2D eigenvalue weighted by molar-refractivity contribution is 5.28. The highest BCUT2D eigenvalue weighted by atomic mass is 19.4. The minimum atomic E-state index is -4.67. The molecule has 1 unspecified atom stereocenters. The zero-order valence-electron chi connectivity index (χ0n) is 11.4. The van der Waals surface area contributed by atoms with Crippen molar-refractivity contribution >= 4 is 0 Å².